The molecule has 4 atom stereocenters. The van der Waals surface area contributed by atoms with Gasteiger partial charge in [-0.05, 0) is 60.7 Å². The number of nitrogens with one attached hydrogen (secondary N) is 1. The summed E-state index contributed by atoms with van der Waals surface area (Å²) < 4.78 is 0. The predicted octanol–water partition coefficient (Wildman–Crippen LogP) is 7.57. The molecule has 1 spiro atoms. The molecule has 7 rings (SSSR count). The second-order valence-electron chi connectivity index (χ2n) is 12.7. The summed E-state index contributed by atoms with van der Waals surface area (Å²) in [4.78, 5) is 57.4. The van der Waals surface area contributed by atoms with E-state index in [0.717, 1.165) is 48.1 Å². The fraction of sp³-hybridized carbons (Fsp3) is 0.256. The maximum atomic E-state index is 15.1. The van der Waals surface area contributed by atoms with Gasteiger partial charge in [0.1, 0.15) is 11.5 Å². The van der Waals surface area contributed by atoms with Gasteiger partial charge in [0, 0.05) is 40.2 Å². The molecule has 1 amide bonds. The topological polar surface area (TPSA) is 110 Å². The highest BCUT2D eigenvalue weighted by Gasteiger charge is 2.70. The van der Waals surface area contributed by atoms with Gasteiger partial charge in [-0.15, -0.1) is 0 Å². The molecule has 0 radical (unpaired) electrons. The van der Waals surface area contributed by atoms with Crippen LogP contribution >= 0.6 is 0 Å². The molecular weight excluding hydrogens is 590 g/mol. The molecule has 4 aromatic rings. The summed E-state index contributed by atoms with van der Waals surface area (Å²) in [5, 5.41) is 14.5. The number of fused-ring (bicyclic) bond motifs is 6. The molecular formula is C39H35N3O5. The Labute approximate surface area is 273 Å². The third-order valence-corrected chi connectivity index (χ3v) is 10.1. The highest BCUT2D eigenvalue weighted by atomic mass is 16.6. The van der Waals surface area contributed by atoms with Crippen LogP contribution in [0.15, 0.2) is 103 Å². The SMILES string of the molecule is CCCCCc1ccc(C(=O)[C@H]2[C@@H](C(=O)c3ccc([N+](=O)[O-])cc3)N3c4ccccc4C(C)=C[C@@H]3[C@]23C(=O)Nc2ccccc23)cc1. The highest BCUT2D eigenvalue weighted by Crippen LogP contribution is 2.58. The number of para-hydroxylation sites is 2. The molecule has 0 saturated carbocycles. The zero-order valence-electron chi connectivity index (χ0n) is 26.3. The summed E-state index contributed by atoms with van der Waals surface area (Å²) in [5.74, 6) is -2.11. The number of rotatable bonds is 9. The number of anilines is 2. The molecule has 3 aliphatic heterocycles. The number of hydrogen-bond acceptors (Lipinski definition) is 6. The Morgan fingerprint density at radius 2 is 1.53 bits per heavy atom. The van der Waals surface area contributed by atoms with E-state index in [-0.39, 0.29) is 28.7 Å². The summed E-state index contributed by atoms with van der Waals surface area (Å²) >= 11 is 0. The van der Waals surface area contributed by atoms with E-state index in [1.54, 1.807) is 0 Å². The number of carbonyl (C=O) groups is 3. The zero-order valence-corrected chi connectivity index (χ0v) is 26.3. The van der Waals surface area contributed by atoms with Crippen LogP contribution in [0.25, 0.3) is 5.57 Å². The van der Waals surface area contributed by atoms with Gasteiger partial charge >= 0.3 is 0 Å². The van der Waals surface area contributed by atoms with Crippen molar-refractivity contribution in [2.75, 3.05) is 10.2 Å². The lowest BCUT2D eigenvalue weighted by Gasteiger charge is -2.39. The number of ketones is 2. The fourth-order valence-electron chi connectivity index (χ4n) is 7.90. The lowest BCUT2D eigenvalue weighted by Crippen LogP contribution is -2.51. The van der Waals surface area contributed by atoms with E-state index < -0.39 is 28.3 Å². The van der Waals surface area contributed by atoms with Crippen molar-refractivity contribution in [1.82, 2.24) is 0 Å². The van der Waals surface area contributed by atoms with Crippen molar-refractivity contribution in [3.8, 4) is 0 Å². The van der Waals surface area contributed by atoms with Crippen LogP contribution in [0, 0.1) is 16.0 Å². The van der Waals surface area contributed by atoms with Crippen molar-refractivity contribution >= 4 is 40.1 Å². The Balaban J connectivity index is 1.45. The molecule has 1 N–H and O–H groups in total. The van der Waals surface area contributed by atoms with Gasteiger partial charge in [-0.1, -0.05) is 86.5 Å². The van der Waals surface area contributed by atoms with Gasteiger partial charge in [-0.25, -0.2) is 0 Å². The third-order valence-electron chi connectivity index (χ3n) is 10.1. The number of hydrogen-bond donors (Lipinski definition) is 1. The first-order chi connectivity index (χ1) is 22.8. The van der Waals surface area contributed by atoms with Crippen molar-refractivity contribution in [2.24, 2.45) is 5.92 Å². The summed E-state index contributed by atoms with van der Waals surface area (Å²) in [7, 11) is 0. The normalized spacial score (nSPS) is 22.3. The van der Waals surface area contributed by atoms with Crippen LogP contribution in [0.1, 0.15) is 70.5 Å². The Morgan fingerprint density at radius 1 is 0.872 bits per heavy atom. The minimum absolute atomic E-state index is 0.139. The smallest absolute Gasteiger partial charge is 0.269 e. The maximum Gasteiger partial charge on any atom is 0.269 e. The second-order valence-corrected chi connectivity index (χ2v) is 12.7. The molecule has 236 valence electrons. The number of non-ortho nitro benzene ring substituents is 1. The lowest BCUT2D eigenvalue weighted by molar-refractivity contribution is -0.384. The van der Waals surface area contributed by atoms with Crippen LogP contribution in [0.5, 0.6) is 0 Å². The van der Waals surface area contributed by atoms with E-state index in [0.29, 0.717) is 16.8 Å². The van der Waals surface area contributed by atoms with Gasteiger partial charge < -0.3 is 10.2 Å². The number of Topliss-reactive ketones (excluding diaryl/α,β-unsaturated/α-hetero) is 2. The Kier molecular flexibility index (Phi) is 7.59. The van der Waals surface area contributed by atoms with Crippen molar-refractivity contribution in [2.45, 2.75) is 57.0 Å². The number of aryl methyl sites for hydroxylation is 1. The first-order valence-corrected chi connectivity index (χ1v) is 16.2. The van der Waals surface area contributed by atoms with Crippen molar-refractivity contribution in [1.29, 1.82) is 0 Å². The first-order valence-electron chi connectivity index (χ1n) is 16.2. The molecule has 0 unspecified atom stereocenters. The van der Waals surface area contributed by atoms with Crippen LogP contribution < -0.4 is 10.2 Å². The van der Waals surface area contributed by atoms with Crippen molar-refractivity contribution in [3.63, 3.8) is 0 Å². The number of benzene rings is 4. The van der Waals surface area contributed by atoms with E-state index in [9.17, 15) is 19.7 Å². The number of unbranched alkanes of at least 4 members (excludes halogenated alkanes) is 2. The van der Waals surface area contributed by atoms with Gasteiger partial charge in [0.25, 0.3) is 5.69 Å². The Morgan fingerprint density at radius 3 is 2.26 bits per heavy atom. The van der Waals surface area contributed by atoms with Gasteiger partial charge in [-0.3, -0.25) is 24.5 Å². The maximum absolute atomic E-state index is 15.1. The summed E-state index contributed by atoms with van der Waals surface area (Å²) in [5.41, 5.74) is 4.15. The van der Waals surface area contributed by atoms with Crippen molar-refractivity contribution < 1.29 is 19.3 Å². The standard InChI is InChI=1S/C39H35N3O5/c1-3-4-5-10-25-15-17-26(18-16-25)36(43)34-35(37(44)27-19-21-28(22-20-27)42(46)47)41-32-14-9-6-11-29(32)24(2)23-33(41)39(34)30-12-7-8-13-31(30)40-38(39)45/h6-9,11-23,33-35H,3-5,10H2,1-2H3,(H,40,45)/t33-,34-,35+,39+/m1/s1. The van der Waals surface area contributed by atoms with Crippen LogP contribution in [-0.2, 0) is 16.6 Å². The van der Waals surface area contributed by atoms with Crippen LogP contribution in [-0.4, -0.2) is 34.5 Å². The largest absolute Gasteiger partial charge is 0.352 e. The van der Waals surface area contributed by atoms with Crippen LogP contribution in [0.4, 0.5) is 17.1 Å². The zero-order chi connectivity index (χ0) is 32.9. The van der Waals surface area contributed by atoms with Gasteiger partial charge in [-0.2, -0.15) is 0 Å². The monoisotopic (exact) mass is 625 g/mol. The number of nitrogens with zero attached hydrogens (tertiary/aromatic N) is 2. The molecule has 3 aliphatic rings. The summed E-state index contributed by atoms with van der Waals surface area (Å²) in [6.07, 6.45) is 6.22. The molecule has 8 heteroatoms. The number of amides is 1. The third kappa shape index (κ3) is 4.70. The van der Waals surface area contributed by atoms with Gasteiger partial charge in [0.2, 0.25) is 5.91 Å². The molecule has 1 saturated heterocycles. The molecule has 4 aromatic carbocycles. The van der Waals surface area contributed by atoms with Gasteiger partial charge in [0.15, 0.2) is 11.6 Å². The number of nitro benzene ring substituents is 1. The number of allylic oxidation sites excluding steroid dienone is 1. The molecule has 0 aliphatic carbocycles. The van der Waals surface area contributed by atoms with Gasteiger partial charge in [0.05, 0.1) is 16.9 Å². The minimum Gasteiger partial charge on any atom is -0.352 e. The summed E-state index contributed by atoms with van der Waals surface area (Å²) in [6, 6.07) is 26.4. The first kappa shape index (κ1) is 30.3. The molecule has 0 aromatic heterocycles. The minimum atomic E-state index is -1.43. The highest BCUT2D eigenvalue weighted by molar-refractivity contribution is 6.18. The number of nitro groups is 1. The predicted molar refractivity (Wildman–Crippen MR) is 182 cm³/mol. The Bertz CT molecular complexity index is 1950. The molecule has 47 heavy (non-hydrogen) atoms. The molecule has 1 fully saturated rings. The average Bonchev–Trinajstić information content (AvgIpc) is 3.56. The second kappa shape index (κ2) is 11.8. The molecule has 0 bridgehead atoms. The Hall–Kier alpha value is -5.37. The van der Waals surface area contributed by atoms with E-state index in [1.807, 2.05) is 90.7 Å². The molecule has 8 nitrogen and oxygen atoms in total. The van der Waals surface area contributed by atoms with E-state index in [4.69, 9.17) is 0 Å². The van der Waals surface area contributed by atoms with Crippen molar-refractivity contribution in [3.05, 3.63) is 141 Å². The average molecular weight is 626 g/mol. The van der Waals surface area contributed by atoms with E-state index in [2.05, 4.69) is 12.2 Å². The van der Waals surface area contributed by atoms with Crippen LogP contribution in [0.2, 0.25) is 0 Å². The fourth-order valence-corrected chi connectivity index (χ4v) is 7.90. The summed E-state index contributed by atoms with van der Waals surface area (Å²) in [6.45, 7) is 4.15. The lowest BCUT2D eigenvalue weighted by atomic mass is 9.64. The van der Waals surface area contributed by atoms with Crippen LogP contribution in [0.3, 0.4) is 0 Å². The van der Waals surface area contributed by atoms with E-state index >= 15 is 4.79 Å². The molecule has 3 heterocycles. The number of carbonyl (C=O) groups excluding carboxylic acids is 3. The van der Waals surface area contributed by atoms with E-state index in [1.165, 1.54) is 24.3 Å². The quantitative estimate of drug-likeness (QED) is 0.0889.